The van der Waals surface area contributed by atoms with E-state index in [0.717, 1.165) is 24.8 Å². The van der Waals surface area contributed by atoms with E-state index in [2.05, 4.69) is 6.92 Å². The summed E-state index contributed by atoms with van der Waals surface area (Å²) in [5.74, 6) is -1.46. The molecule has 26 heavy (non-hydrogen) atoms. The molecule has 0 amide bonds. The topological polar surface area (TPSA) is 63.6 Å². The molecule has 4 heteroatoms. The summed E-state index contributed by atoms with van der Waals surface area (Å²) in [6.45, 7) is 2.22. The summed E-state index contributed by atoms with van der Waals surface area (Å²) in [5.41, 5.74) is 1.05. The Kier molecular flexibility index (Phi) is 12.2. The number of esters is 1. The van der Waals surface area contributed by atoms with Gasteiger partial charge in [0.05, 0.1) is 0 Å². The summed E-state index contributed by atoms with van der Waals surface area (Å²) < 4.78 is 5.17. The van der Waals surface area contributed by atoms with Crippen molar-refractivity contribution in [3.63, 3.8) is 0 Å². The highest BCUT2D eigenvalue weighted by atomic mass is 16.6. The predicted molar refractivity (Wildman–Crippen MR) is 104 cm³/mol. The van der Waals surface area contributed by atoms with Crippen LogP contribution in [-0.4, -0.2) is 23.1 Å². The lowest BCUT2D eigenvalue weighted by molar-refractivity contribution is -0.164. The summed E-state index contributed by atoms with van der Waals surface area (Å²) in [5, 5.41) is 9.25. The minimum atomic E-state index is -1.07. The summed E-state index contributed by atoms with van der Waals surface area (Å²) >= 11 is 0. The molecule has 0 radical (unpaired) electrons. The number of carboxylic acids is 1. The number of ether oxygens (including phenoxy) is 1. The molecule has 0 bridgehead atoms. The molecule has 0 fully saturated rings. The molecule has 146 valence electrons. The van der Waals surface area contributed by atoms with Crippen molar-refractivity contribution in [2.75, 3.05) is 0 Å². The molecule has 1 atom stereocenters. The molecule has 0 aliphatic heterocycles. The summed E-state index contributed by atoms with van der Waals surface area (Å²) in [7, 11) is 0. The standard InChI is InChI=1S/C22H34O4/c1-2-3-4-5-6-7-8-9-13-16-21(23)26-20(22(24)25)18-17-19-14-11-10-12-15-19/h10-12,14-15,20H,2-9,13,16-18H2,1H3,(H,24,25)/t20-/m0/s1. The number of aryl methyl sites for hydroxylation is 1. The van der Waals surface area contributed by atoms with Crippen molar-refractivity contribution in [1.29, 1.82) is 0 Å². The smallest absolute Gasteiger partial charge is 0.345 e. The molecule has 0 unspecified atom stereocenters. The number of unbranched alkanes of at least 4 members (excludes halogenated alkanes) is 8. The second-order valence-corrected chi connectivity index (χ2v) is 6.92. The average molecular weight is 363 g/mol. The number of aliphatic carboxylic acids is 1. The van der Waals surface area contributed by atoms with Gasteiger partial charge in [-0.15, -0.1) is 0 Å². The van der Waals surface area contributed by atoms with Crippen LogP contribution in [0.25, 0.3) is 0 Å². The maximum atomic E-state index is 11.9. The molecule has 0 saturated carbocycles. The number of benzene rings is 1. The molecular weight excluding hydrogens is 328 g/mol. The van der Waals surface area contributed by atoms with Crippen LogP contribution >= 0.6 is 0 Å². The monoisotopic (exact) mass is 362 g/mol. The van der Waals surface area contributed by atoms with Gasteiger partial charge in [-0.1, -0.05) is 88.6 Å². The Hall–Kier alpha value is -1.84. The van der Waals surface area contributed by atoms with E-state index in [1.165, 1.54) is 38.5 Å². The minimum absolute atomic E-state index is 0.308. The molecule has 1 rings (SSSR count). The molecule has 1 aromatic carbocycles. The number of carboxylic acid groups (broad SMARTS) is 1. The van der Waals surface area contributed by atoms with E-state index >= 15 is 0 Å². The highest BCUT2D eigenvalue weighted by molar-refractivity contribution is 5.77. The number of rotatable bonds is 15. The van der Waals surface area contributed by atoms with Gasteiger partial charge in [-0.05, 0) is 24.8 Å². The van der Waals surface area contributed by atoms with Crippen molar-refractivity contribution in [1.82, 2.24) is 0 Å². The average Bonchev–Trinajstić information content (AvgIpc) is 2.64. The molecule has 0 aliphatic carbocycles. The second-order valence-electron chi connectivity index (χ2n) is 6.92. The zero-order valence-electron chi connectivity index (χ0n) is 16.1. The fourth-order valence-electron chi connectivity index (χ4n) is 2.97. The van der Waals surface area contributed by atoms with Crippen molar-refractivity contribution < 1.29 is 19.4 Å². The Labute approximate surface area is 158 Å². The van der Waals surface area contributed by atoms with Crippen LogP contribution in [0.3, 0.4) is 0 Å². The van der Waals surface area contributed by atoms with E-state index < -0.39 is 18.0 Å². The first-order chi connectivity index (χ1) is 12.6. The third-order valence-electron chi connectivity index (χ3n) is 4.57. The Balaban J connectivity index is 2.13. The number of hydrogen-bond donors (Lipinski definition) is 1. The van der Waals surface area contributed by atoms with Gasteiger partial charge in [0.25, 0.3) is 0 Å². The maximum absolute atomic E-state index is 11.9. The number of hydrogen-bond acceptors (Lipinski definition) is 3. The van der Waals surface area contributed by atoms with Crippen molar-refractivity contribution in [2.45, 2.75) is 90.1 Å². The van der Waals surface area contributed by atoms with Crippen molar-refractivity contribution in [3.05, 3.63) is 35.9 Å². The maximum Gasteiger partial charge on any atom is 0.345 e. The summed E-state index contributed by atoms with van der Waals surface area (Å²) in [6.07, 6.45) is 10.8. The first-order valence-electron chi connectivity index (χ1n) is 10.1. The highest BCUT2D eigenvalue weighted by Gasteiger charge is 2.21. The molecule has 0 aliphatic rings. The molecule has 1 N–H and O–H groups in total. The van der Waals surface area contributed by atoms with Crippen LogP contribution in [0.2, 0.25) is 0 Å². The van der Waals surface area contributed by atoms with Crippen LogP contribution in [0.4, 0.5) is 0 Å². The zero-order chi connectivity index (χ0) is 19.0. The SMILES string of the molecule is CCCCCCCCCCCC(=O)O[C@@H](CCc1ccccc1)C(=O)O. The third kappa shape index (κ3) is 10.9. The van der Waals surface area contributed by atoms with Crippen LogP contribution in [0.5, 0.6) is 0 Å². The van der Waals surface area contributed by atoms with Crippen molar-refractivity contribution in [2.24, 2.45) is 0 Å². The fraction of sp³-hybridized carbons (Fsp3) is 0.636. The molecule has 1 aromatic rings. The Bertz CT molecular complexity index is 498. The quantitative estimate of drug-likeness (QED) is 0.329. The molecule has 0 aromatic heterocycles. The Morgan fingerprint density at radius 2 is 1.50 bits per heavy atom. The second kappa shape index (κ2) is 14.3. The number of carbonyl (C=O) groups excluding carboxylic acids is 1. The summed E-state index contributed by atoms with van der Waals surface area (Å²) in [6, 6.07) is 9.65. The van der Waals surface area contributed by atoms with Crippen LogP contribution < -0.4 is 0 Å². The fourth-order valence-corrected chi connectivity index (χ4v) is 2.97. The third-order valence-corrected chi connectivity index (χ3v) is 4.57. The first-order valence-corrected chi connectivity index (χ1v) is 10.1. The van der Waals surface area contributed by atoms with Gasteiger partial charge < -0.3 is 9.84 Å². The van der Waals surface area contributed by atoms with Gasteiger partial charge in [0.2, 0.25) is 0 Å². The van der Waals surface area contributed by atoms with Gasteiger partial charge in [0, 0.05) is 6.42 Å². The predicted octanol–water partition coefficient (Wildman–Crippen LogP) is 5.54. The van der Waals surface area contributed by atoms with Gasteiger partial charge in [0.1, 0.15) is 0 Å². The van der Waals surface area contributed by atoms with Gasteiger partial charge >= 0.3 is 11.9 Å². The van der Waals surface area contributed by atoms with E-state index in [1.807, 2.05) is 30.3 Å². The number of carbonyl (C=O) groups is 2. The lowest BCUT2D eigenvalue weighted by Crippen LogP contribution is -2.27. The zero-order valence-corrected chi connectivity index (χ0v) is 16.1. The molecule has 4 nitrogen and oxygen atoms in total. The Morgan fingerprint density at radius 3 is 2.08 bits per heavy atom. The van der Waals surface area contributed by atoms with E-state index in [1.54, 1.807) is 0 Å². The van der Waals surface area contributed by atoms with Crippen LogP contribution in [0, 0.1) is 0 Å². The molecule has 0 saturated heterocycles. The van der Waals surface area contributed by atoms with E-state index in [-0.39, 0.29) is 0 Å². The van der Waals surface area contributed by atoms with Crippen LogP contribution in [0.1, 0.15) is 83.1 Å². The first kappa shape index (κ1) is 22.2. The highest BCUT2D eigenvalue weighted by Crippen LogP contribution is 2.12. The Morgan fingerprint density at radius 1 is 0.923 bits per heavy atom. The lowest BCUT2D eigenvalue weighted by atomic mass is 10.1. The van der Waals surface area contributed by atoms with Crippen molar-refractivity contribution in [3.8, 4) is 0 Å². The van der Waals surface area contributed by atoms with E-state index in [0.29, 0.717) is 19.3 Å². The summed E-state index contributed by atoms with van der Waals surface area (Å²) in [4.78, 5) is 23.2. The lowest BCUT2D eigenvalue weighted by Gasteiger charge is -2.14. The van der Waals surface area contributed by atoms with Crippen LogP contribution in [-0.2, 0) is 20.7 Å². The van der Waals surface area contributed by atoms with Crippen molar-refractivity contribution >= 4 is 11.9 Å². The molecule has 0 heterocycles. The molecular formula is C22H34O4. The molecule has 0 spiro atoms. The van der Waals surface area contributed by atoms with Gasteiger partial charge in [0.15, 0.2) is 6.10 Å². The largest absolute Gasteiger partial charge is 0.479 e. The van der Waals surface area contributed by atoms with Gasteiger partial charge in [-0.3, -0.25) is 4.79 Å². The van der Waals surface area contributed by atoms with Gasteiger partial charge in [-0.2, -0.15) is 0 Å². The normalized spacial score (nSPS) is 11.9. The van der Waals surface area contributed by atoms with Gasteiger partial charge in [-0.25, -0.2) is 4.79 Å². The van der Waals surface area contributed by atoms with E-state index in [9.17, 15) is 14.7 Å². The van der Waals surface area contributed by atoms with Crippen LogP contribution in [0.15, 0.2) is 30.3 Å². The van der Waals surface area contributed by atoms with E-state index in [4.69, 9.17) is 4.74 Å². The minimum Gasteiger partial charge on any atom is -0.479 e.